The summed E-state index contributed by atoms with van der Waals surface area (Å²) in [4.78, 5) is 9.46. The lowest BCUT2D eigenvalue weighted by molar-refractivity contribution is -0.122. The fraction of sp³-hybridized carbons (Fsp3) is 0.300. The Morgan fingerprint density at radius 1 is 1.35 bits per heavy atom. The van der Waals surface area contributed by atoms with Gasteiger partial charge in [0.05, 0.1) is 6.61 Å². The van der Waals surface area contributed by atoms with Crippen molar-refractivity contribution in [2.24, 2.45) is 5.73 Å². The van der Waals surface area contributed by atoms with Crippen LogP contribution < -0.4 is 16.2 Å². The van der Waals surface area contributed by atoms with Crippen LogP contribution in [0.2, 0.25) is 0 Å². The zero-order valence-electron chi connectivity index (χ0n) is 10.2. The molecule has 0 aliphatic heterocycles. The molecule has 0 atom stereocenters. The molecule has 0 saturated carbocycles. The van der Waals surface area contributed by atoms with Crippen molar-refractivity contribution in [2.75, 3.05) is 25.5 Å². The van der Waals surface area contributed by atoms with Gasteiger partial charge in [0.25, 0.3) is 0 Å². The lowest BCUT2D eigenvalue weighted by Gasteiger charge is -2.09. The molecule has 1 rings (SSSR count). The second kappa shape index (κ2) is 6.59. The number of nitrogen functional groups attached to an aromatic ring is 1. The topological polar surface area (TPSA) is 125 Å². The molecule has 0 spiro atoms. The van der Waals surface area contributed by atoms with Crippen LogP contribution in [-0.4, -0.2) is 34.1 Å². The van der Waals surface area contributed by atoms with Gasteiger partial charge in [0, 0.05) is 12.2 Å². The number of carbonyl (C=O) groups is 1. The zero-order valence-corrected chi connectivity index (χ0v) is 11.0. The molecule has 1 aromatic carbocycles. The number of rotatable bonds is 7. The molecule has 0 aromatic heterocycles. The highest BCUT2D eigenvalue weighted by Gasteiger charge is 2.22. The number of carbonyl (C=O) groups excluding carboxylic acids is 1. The highest BCUT2D eigenvalue weighted by Crippen LogP contribution is 2.20. The van der Waals surface area contributed by atoms with Gasteiger partial charge in [-0.05, 0) is 12.1 Å². The van der Waals surface area contributed by atoms with Crippen molar-refractivity contribution in [3.8, 4) is 0 Å². The molecule has 5 N–H and O–H groups in total. The summed E-state index contributed by atoms with van der Waals surface area (Å²) < 4.78 is 56.7. The smallest absolute Gasteiger partial charge is 0.243 e. The Hall–Kier alpha value is -1.78. The number of ether oxygens (including phenoxy) is 1. The second-order valence-electron chi connectivity index (χ2n) is 3.73. The van der Waals surface area contributed by atoms with Gasteiger partial charge in [-0.3, -0.25) is 4.79 Å². The van der Waals surface area contributed by atoms with Crippen molar-refractivity contribution < 1.29 is 26.7 Å². The summed E-state index contributed by atoms with van der Waals surface area (Å²) in [5.41, 5.74) is 9.83. The molecule has 0 aliphatic rings. The molecular formula is C10H13F2N3O4S. The van der Waals surface area contributed by atoms with E-state index in [1.165, 1.54) is 0 Å². The van der Waals surface area contributed by atoms with Crippen LogP contribution in [0.5, 0.6) is 0 Å². The fourth-order valence-corrected chi connectivity index (χ4v) is 2.41. The molecule has 1 amide bonds. The minimum atomic E-state index is -4.28. The number of primary amides is 1. The summed E-state index contributed by atoms with van der Waals surface area (Å²) in [7, 11) is -4.28. The first-order valence-corrected chi connectivity index (χ1v) is 6.82. The molecule has 10 heteroatoms. The minimum absolute atomic E-state index is 0.158. The third-order valence-electron chi connectivity index (χ3n) is 2.09. The molecule has 20 heavy (non-hydrogen) atoms. The van der Waals surface area contributed by atoms with Crippen LogP contribution in [0.3, 0.4) is 0 Å². The lowest BCUT2D eigenvalue weighted by atomic mass is 10.3. The maximum atomic E-state index is 13.4. The number of nitrogens with two attached hydrogens (primary N) is 2. The van der Waals surface area contributed by atoms with Crippen molar-refractivity contribution >= 4 is 21.6 Å². The number of nitrogens with one attached hydrogen (secondary N) is 1. The molecule has 0 aliphatic carbocycles. The molecule has 112 valence electrons. The Kier molecular flexibility index (Phi) is 5.36. The maximum Gasteiger partial charge on any atom is 0.243 e. The molecule has 0 fully saturated rings. The van der Waals surface area contributed by atoms with Gasteiger partial charge in [-0.2, -0.15) is 0 Å². The Bertz CT molecular complexity index is 607. The Labute approximate surface area is 113 Å². The van der Waals surface area contributed by atoms with E-state index in [2.05, 4.69) is 0 Å². The number of hydrogen-bond acceptors (Lipinski definition) is 5. The fourth-order valence-electron chi connectivity index (χ4n) is 1.28. The van der Waals surface area contributed by atoms with Crippen molar-refractivity contribution in [3.05, 3.63) is 23.8 Å². The SMILES string of the molecule is NC(=O)COCCNS(=O)(=O)c1cc(N)cc(F)c1F. The maximum absolute atomic E-state index is 13.4. The second-order valence-corrected chi connectivity index (χ2v) is 5.47. The summed E-state index contributed by atoms with van der Waals surface area (Å²) in [6.07, 6.45) is 0. The predicted molar refractivity (Wildman–Crippen MR) is 66.0 cm³/mol. The molecule has 0 saturated heterocycles. The van der Waals surface area contributed by atoms with Gasteiger partial charge in [0.1, 0.15) is 11.5 Å². The average Bonchev–Trinajstić information content (AvgIpc) is 2.32. The standard InChI is InChI=1S/C10H13F2N3O4S/c11-7-3-6(13)4-8(10(7)12)20(17,18)15-1-2-19-5-9(14)16/h3-4,15H,1-2,5,13H2,(H2,14,16). The van der Waals surface area contributed by atoms with Gasteiger partial charge in [0.15, 0.2) is 11.6 Å². The van der Waals surface area contributed by atoms with E-state index in [-0.39, 0.29) is 25.4 Å². The van der Waals surface area contributed by atoms with Crippen LogP contribution in [0.15, 0.2) is 17.0 Å². The molecule has 0 bridgehead atoms. The molecular weight excluding hydrogens is 296 g/mol. The number of hydrogen-bond donors (Lipinski definition) is 3. The summed E-state index contributed by atoms with van der Waals surface area (Å²) in [6.45, 7) is -0.775. The first kappa shape index (κ1) is 16.3. The number of sulfonamides is 1. The van der Waals surface area contributed by atoms with Gasteiger partial charge < -0.3 is 16.2 Å². The monoisotopic (exact) mass is 309 g/mol. The van der Waals surface area contributed by atoms with Gasteiger partial charge in [-0.15, -0.1) is 0 Å². The van der Waals surface area contributed by atoms with Crippen molar-refractivity contribution in [1.29, 1.82) is 0 Å². The van der Waals surface area contributed by atoms with Crippen LogP contribution in [-0.2, 0) is 19.6 Å². The van der Waals surface area contributed by atoms with Gasteiger partial charge in [-0.1, -0.05) is 0 Å². The number of halogens is 2. The first-order chi connectivity index (χ1) is 9.24. The molecule has 1 aromatic rings. The molecule has 0 unspecified atom stereocenters. The zero-order chi connectivity index (χ0) is 15.3. The van der Waals surface area contributed by atoms with Gasteiger partial charge in [-0.25, -0.2) is 21.9 Å². The minimum Gasteiger partial charge on any atom is -0.399 e. The lowest BCUT2D eigenvalue weighted by Crippen LogP contribution is -2.29. The Morgan fingerprint density at radius 2 is 2.00 bits per heavy atom. The Morgan fingerprint density at radius 3 is 2.60 bits per heavy atom. The van der Waals surface area contributed by atoms with Crippen molar-refractivity contribution in [1.82, 2.24) is 4.72 Å². The average molecular weight is 309 g/mol. The predicted octanol–water partition coefficient (Wildman–Crippen LogP) is -0.673. The van der Waals surface area contributed by atoms with Crippen molar-refractivity contribution in [3.63, 3.8) is 0 Å². The van der Waals surface area contributed by atoms with Gasteiger partial charge in [0.2, 0.25) is 15.9 Å². The van der Waals surface area contributed by atoms with E-state index in [0.29, 0.717) is 6.07 Å². The highest BCUT2D eigenvalue weighted by molar-refractivity contribution is 7.89. The highest BCUT2D eigenvalue weighted by atomic mass is 32.2. The van der Waals surface area contributed by atoms with Crippen molar-refractivity contribution in [2.45, 2.75) is 4.90 Å². The van der Waals surface area contributed by atoms with E-state index in [1.54, 1.807) is 0 Å². The van der Waals surface area contributed by atoms with E-state index in [1.807, 2.05) is 4.72 Å². The Balaban J connectivity index is 2.72. The van der Waals surface area contributed by atoms with E-state index >= 15 is 0 Å². The van der Waals surface area contributed by atoms with E-state index in [0.717, 1.165) is 6.07 Å². The third-order valence-corrected chi connectivity index (χ3v) is 3.55. The van der Waals surface area contributed by atoms with Crippen LogP contribution in [0.1, 0.15) is 0 Å². The van der Waals surface area contributed by atoms with E-state index in [9.17, 15) is 22.0 Å². The summed E-state index contributed by atoms with van der Waals surface area (Å²) in [5.74, 6) is -3.60. The summed E-state index contributed by atoms with van der Waals surface area (Å²) in [6, 6.07) is 1.47. The number of anilines is 1. The third kappa shape index (κ3) is 4.40. The van der Waals surface area contributed by atoms with Crippen LogP contribution in [0.25, 0.3) is 0 Å². The number of amides is 1. The van der Waals surface area contributed by atoms with Crippen LogP contribution in [0.4, 0.5) is 14.5 Å². The number of benzene rings is 1. The first-order valence-electron chi connectivity index (χ1n) is 5.34. The summed E-state index contributed by atoms with van der Waals surface area (Å²) >= 11 is 0. The molecule has 0 radical (unpaired) electrons. The normalized spacial score (nSPS) is 11.5. The van der Waals surface area contributed by atoms with Crippen LogP contribution >= 0.6 is 0 Å². The molecule has 0 heterocycles. The van der Waals surface area contributed by atoms with E-state index in [4.69, 9.17) is 16.2 Å². The van der Waals surface area contributed by atoms with E-state index < -0.39 is 32.5 Å². The largest absolute Gasteiger partial charge is 0.399 e. The van der Waals surface area contributed by atoms with Gasteiger partial charge >= 0.3 is 0 Å². The molecule has 7 nitrogen and oxygen atoms in total. The summed E-state index contributed by atoms with van der Waals surface area (Å²) in [5, 5.41) is 0. The quantitative estimate of drug-likeness (QED) is 0.455. The van der Waals surface area contributed by atoms with Crippen LogP contribution in [0, 0.1) is 11.6 Å².